The Kier molecular flexibility index (Phi) is 5.98. The average Bonchev–Trinajstić information content (AvgIpc) is 3.18. The highest BCUT2D eigenvalue weighted by molar-refractivity contribution is 5.97. The molecule has 0 atom stereocenters. The highest BCUT2D eigenvalue weighted by Crippen LogP contribution is 2.29. The van der Waals surface area contributed by atoms with E-state index in [4.69, 9.17) is 9.15 Å². The molecule has 0 spiro atoms. The maximum Gasteiger partial charge on any atom is 0.267 e. The molecule has 5 heteroatoms. The molecule has 3 aromatic carbocycles. The molecule has 0 radical (unpaired) electrons. The molecule has 0 bridgehead atoms. The minimum absolute atomic E-state index is 0.0627. The second kappa shape index (κ2) is 8.64. The first-order valence-corrected chi connectivity index (χ1v) is 11.5. The van der Waals surface area contributed by atoms with E-state index in [1.54, 1.807) is 13.8 Å². The number of carbonyl (C=O) groups is 1. The summed E-state index contributed by atoms with van der Waals surface area (Å²) in [6.45, 7) is 14.1. The number of oxazole rings is 1. The fourth-order valence-corrected chi connectivity index (χ4v) is 3.84. The number of aryl methyl sites for hydroxylation is 2. The number of anilines is 1. The molecular formula is C29H32N2O3. The van der Waals surface area contributed by atoms with Crippen LogP contribution in [0.3, 0.4) is 0 Å². The zero-order valence-electron chi connectivity index (χ0n) is 20.9. The van der Waals surface area contributed by atoms with Gasteiger partial charge in [-0.3, -0.25) is 4.79 Å². The van der Waals surface area contributed by atoms with Crippen molar-refractivity contribution in [2.24, 2.45) is 0 Å². The third-order valence-corrected chi connectivity index (χ3v) is 5.85. The summed E-state index contributed by atoms with van der Waals surface area (Å²) in [5.41, 5.74) is 5.62. The quantitative estimate of drug-likeness (QED) is 0.345. The van der Waals surface area contributed by atoms with Gasteiger partial charge in [0, 0.05) is 11.3 Å². The number of hydrogen-bond donors (Lipinski definition) is 1. The van der Waals surface area contributed by atoms with Crippen LogP contribution in [0.1, 0.15) is 51.3 Å². The summed E-state index contributed by atoms with van der Waals surface area (Å²) < 4.78 is 12.0. The molecular weight excluding hydrogens is 424 g/mol. The predicted molar refractivity (Wildman–Crippen MR) is 137 cm³/mol. The monoisotopic (exact) mass is 456 g/mol. The van der Waals surface area contributed by atoms with Gasteiger partial charge in [0.1, 0.15) is 11.3 Å². The maximum absolute atomic E-state index is 12.9. The molecule has 0 fully saturated rings. The van der Waals surface area contributed by atoms with Crippen molar-refractivity contribution in [1.82, 2.24) is 4.98 Å². The van der Waals surface area contributed by atoms with E-state index in [9.17, 15) is 4.79 Å². The Bertz CT molecular complexity index is 1330. The van der Waals surface area contributed by atoms with Gasteiger partial charge in [-0.25, -0.2) is 4.98 Å². The van der Waals surface area contributed by atoms with Crippen molar-refractivity contribution in [3.63, 3.8) is 0 Å². The number of benzene rings is 3. The van der Waals surface area contributed by atoms with Gasteiger partial charge in [-0.15, -0.1) is 0 Å². The third-order valence-electron chi connectivity index (χ3n) is 5.85. The number of amides is 1. The summed E-state index contributed by atoms with van der Waals surface area (Å²) in [6, 6.07) is 19.5. The van der Waals surface area contributed by atoms with Crippen LogP contribution in [-0.4, -0.2) is 16.5 Å². The first-order chi connectivity index (χ1) is 15.9. The van der Waals surface area contributed by atoms with Crippen LogP contribution < -0.4 is 10.1 Å². The minimum atomic E-state index is -1.04. The van der Waals surface area contributed by atoms with E-state index in [0.29, 0.717) is 17.3 Å². The van der Waals surface area contributed by atoms with Crippen LogP contribution in [-0.2, 0) is 10.2 Å². The standard InChI is InChI=1S/C29H32N2O3/c1-18-16-19(2)25-24(17-18)31-26(33-25)20-8-12-22(13-9-20)30-27(32)29(6,7)34-23-14-10-21(11-15-23)28(3,4)5/h8-17H,1-7H3,(H,30,32). The second-order valence-electron chi connectivity index (χ2n) is 10.4. The SMILES string of the molecule is Cc1cc(C)c2oc(-c3ccc(NC(=O)C(C)(C)Oc4ccc(C(C)(C)C)cc4)cc3)nc2c1. The first kappa shape index (κ1) is 23.6. The smallest absolute Gasteiger partial charge is 0.267 e. The molecule has 0 saturated heterocycles. The molecule has 0 aliphatic carbocycles. The van der Waals surface area contributed by atoms with Crippen molar-refractivity contribution >= 4 is 22.7 Å². The summed E-state index contributed by atoms with van der Waals surface area (Å²) in [5.74, 6) is 0.988. The van der Waals surface area contributed by atoms with Gasteiger partial charge in [0.15, 0.2) is 11.2 Å². The van der Waals surface area contributed by atoms with Crippen LogP contribution in [0.5, 0.6) is 5.75 Å². The van der Waals surface area contributed by atoms with Crippen molar-refractivity contribution in [2.75, 3.05) is 5.32 Å². The Balaban J connectivity index is 1.45. The predicted octanol–water partition coefficient (Wildman–Crippen LogP) is 7.21. The van der Waals surface area contributed by atoms with Crippen LogP contribution >= 0.6 is 0 Å². The van der Waals surface area contributed by atoms with Crippen LogP contribution in [0.25, 0.3) is 22.6 Å². The summed E-state index contributed by atoms with van der Waals surface area (Å²) in [4.78, 5) is 17.6. The fourth-order valence-electron chi connectivity index (χ4n) is 3.84. The molecule has 176 valence electrons. The van der Waals surface area contributed by atoms with Gasteiger partial charge in [0.2, 0.25) is 5.89 Å². The summed E-state index contributed by atoms with van der Waals surface area (Å²) in [6.07, 6.45) is 0. The number of nitrogens with zero attached hydrogens (tertiary/aromatic N) is 1. The number of nitrogens with one attached hydrogen (secondary N) is 1. The van der Waals surface area contributed by atoms with Crippen molar-refractivity contribution in [3.8, 4) is 17.2 Å². The van der Waals surface area contributed by atoms with Gasteiger partial charge in [-0.05, 0) is 92.3 Å². The lowest BCUT2D eigenvalue weighted by Crippen LogP contribution is -2.42. The van der Waals surface area contributed by atoms with Crippen molar-refractivity contribution in [2.45, 2.75) is 59.5 Å². The van der Waals surface area contributed by atoms with Crippen molar-refractivity contribution < 1.29 is 13.9 Å². The lowest BCUT2D eigenvalue weighted by atomic mass is 9.87. The number of rotatable bonds is 5. The molecule has 4 rings (SSSR count). The lowest BCUT2D eigenvalue weighted by molar-refractivity contribution is -0.128. The molecule has 1 N–H and O–H groups in total. The van der Waals surface area contributed by atoms with E-state index in [1.165, 1.54) is 5.56 Å². The van der Waals surface area contributed by atoms with E-state index in [1.807, 2.05) is 68.4 Å². The highest BCUT2D eigenvalue weighted by Gasteiger charge is 2.30. The number of aromatic nitrogens is 1. The normalized spacial score (nSPS) is 12.1. The van der Waals surface area contributed by atoms with Gasteiger partial charge >= 0.3 is 0 Å². The molecule has 1 aromatic heterocycles. The largest absolute Gasteiger partial charge is 0.478 e. The average molecular weight is 457 g/mol. The summed E-state index contributed by atoms with van der Waals surface area (Å²) >= 11 is 0. The van der Waals surface area contributed by atoms with Crippen molar-refractivity contribution in [3.05, 3.63) is 77.4 Å². The molecule has 34 heavy (non-hydrogen) atoms. The molecule has 0 aliphatic rings. The highest BCUT2D eigenvalue weighted by atomic mass is 16.5. The molecule has 4 aromatic rings. The van der Waals surface area contributed by atoms with E-state index < -0.39 is 5.60 Å². The Morgan fingerprint density at radius 1 is 0.912 bits per heavy atom. The van der Waals surface area contributed by atoms with Gasteiger partial charge < -0.3 is 14.5 Å². The Morgan fingerprint density at radius 2 is 1.56 bits per heavy atom. The van der Waals surface area contributed by atoms with E-state index in [2.05, 4.69) is 37.1 Å². The zero-order valence-corrected chi connectivity index (χ0v) is 20.9. The van der Waals surface area contributed by atoms with E-state index in [-0.39, 0.29) is 11.3 Å². The van der Waals surface area contributed by atoms with Crippen LogP contribution in [0.15, 0.2) is 65.1 Å². The van der Waals surface area contributed by atoms with Crippen molar-refractivity contribution in [1.29, 1.82) is 0 Å². The maximum atomic E-state index is 12.9. The lowest BCUT2D eigenvalue weighted by Gasteiger charge is -2.26. The summed E-state index contributed by atoms with van der Waals surface area (Å²) in [7, 11) is 0. The van der Waals surface area contributed by atoms with Gasteiger partial charge in [-0.1, -0.05) is 39.0 Å². The first-order valence-electron chi connectivity index (χ1n) is 11.5. The number of ether oxygens (including phenoxy) is 1. The molecule has 0 saturated carbocycles. The number of carbonyl (C=O) groups excluding carboxylic acids is 1. The molecule has 0 aliphatic heterocycles. The molecule has 5 nitrogen and oxygen atoms in total. The van der Waals surface area contributed by atoms with Gasteiger partial charge in [-0.2, -0.15) is 0 Å². The van der Waals surface area contributed by atoms with Crippen LogP contribution in [0.4, 0.5) is 5.69 Å². The van der Waals surface area contributed by atoms with Crippen LogP contribution in [0, 0.1) is 13.8 Å². The van der Waals surface area contributed by atoms with E-state index >= 15 is 0 Å². The topological polar surface area (TPSA) is 64.4 Å². The Hall–Kier alpha value is -3.60. The van der Waals surface area contributed by atoms with E-state index in [0.717, 1.165) is 27.8 Å². The molecule has 1 heterocycles. The number of fused-ring (bicyclic) bond motifs is 1. The fraction of sp³-hybridized carbons (Fsp3) is 0.310. The number of hydrogen-bond acceptors (Lipinski definition) is 4. The van der Waals surface area contributed by atoms with Gasteiger partial charge in [0.05, 0.1) is 0 Å². The Labute approximate surface area is 201 Å². The second-order valence-corrected chi connectivity index (χ2v) is 10.4. The Morgan fingerprint density at radius 3 is 2.18 bits per heavy atom. The van der Waals surface area contributed by atoms with Crippen LogP contribution in [0.2, 0.25) is 0 Å². The molecule has 0 unspecified atom stereocenters. The third kappa shape index (κ3) is 4.98. The zero-order chi connectivity index (χ0) is 24.7. The van der Waals surface area contributed by atoms with Gasteiger partial charge in [0.25, 0.3) is 5.91 Å². The molecule has 1 amide bonds. The minimum Gasteiger partial charge on any atom is -0.478 e. The summed E-state index contributed by atoms with van der Waals surface area (Å²) in [5, 5.41) is 2.94.